The summed E-state index contributed by atoms with van der Waals surface area (Å²) < 4.78 is 25.5. The van der Waals surface area contributed by atoms with Crippen LogP contribution in [0.3, 0.4) is 0 Å². The minimum Gasteiger partial charge on any atom is -0.297 e. The number of pyridine rings is 1. The third kappa shape index (κ3) is 5.56. The van der Waals surface area contributed by atoms with Crippen LogP contribution in [0.15, 0.2) is 12.1 Å². The largest absolute Gasteiger partial charge is 0.297 e. The van der Waals surface area contributed by atoms with Crippen molar-refractivity contribution in [3.05, 3.63) is 29.1 Å². The Kier molecular flexibility index (Phi) is 6.10. The molecule has 0 fully saturated rings. The van der Waals surface area contributed by atoms with E-state index in [0.717, 1.165) is 11.4 Å². The Morgan fingerprint density at radius 1 is 1.35 bits per heavy atom. The Morgan fingerprint density at radius 2 is 2.00 bits per heavy atom. The summed E-state index contributed by atoms with van der Waals surface area (Å²) in [6, 6.07) is 4.22. The van der Waals surface area contributed by atoms with E-state index in [4.69, 9.17) is 0 Å². The summed E-state index contributed by atoms with van der Waals surface area (Å²) >= 11 is 0. The van der Waals surface area contributed by atoms with Gasteiger partial charge in [-0.15, -0.1) is 0 Å². The predicted octanol–water partition coefficient (Wildman–Crippen LogP) is 1.46. The number of sulfonamides is 1. The predicted molar refractivity (Wildman–Crippen MR) is 82.1 cm³/mol. The second-order valence-corrected chi connectivity index (χ2v) is 7.39. The minimum absolute atomic E-state index is 0.110. The first-order valence-corrected chi connectivity index (χ1v) is 8.50. The van der Waals surface area contributed by atoms with Gasteiger partial charge >= 0.3 is 0 Å². The molecule has 20 heavy (non-hydrogen) atoms. The third-order valence-corrected chi connectivity index (χ3v) is 4.66. The van der Waals surface area contributed by atoms with Crippen LogP contribution in [0.4, 0.5) is 0 Å². The number of likely N-dealkylation sites (N-methyl/N-ethyl adjacent to an activating group) is 1. The molecule has 0 saturated heterocycles. The van der Waals surface area contributed by atoms with Gasteiger partial charge in [0.2, 0.25) is 10.0 Å². The summed E-state index contributed by atoms with van der Waals surface area (Å²) in [6.07, 6.45) is 0. The van der Waals surface area contributed by atoms with Gasteiger partial charge in [-0.2, -0.15) is 0 Å². The first kappa shape index (κ1) is 17.1. The molecule has 0 spiro atoms. The zero-order chi connectivity index (χ0) is 15.3. The molecule has 0 unspecified atom stereocenters. The number of hydrogen-bond acceptors (Lipinski definition) is 4. The van der Waals surface area contributed by atoms with Gasteiger partial charge in [0.05, 0.1) is 11.4 Å². The molecule has 1 aromatic heterocycles. The maximum Gasteiger partial charge on any atom is 0.211 e. The highest BCUT2D eigenvalue weighted by Gasteiger charge is 2.14. The van der Waals surface area contributed by atoms with E-state index >= 15 is 0 Å². The number of hydrogen-bond donors (Lipinski definition) is 1. The van der Waals surface area contributed by atoms with E-state index in [-0.39, 0.29) is 11.8 Å². The fourth-order valence-corrected chi connectivity index (χ4v) is 2.62. The van der Waals surface area contributed by atoms with Gasteiger partial charge in [-0.05, 0) is 52.4 Å². The van der Waals surface area contributed by atoms with Crippen molar-refractivity contribution in [1.29, 1.82) is 0 Å². The zero-order valence-corrected chi connectivity index (χ0v) is 13.8. The molecule has 0 radical (unpaired) electrons. The van der Waals surface area contributed by atoms with Crippen molar-refractivity contribution >= 4 is 10.0 Å². The van der Waals surface area contributed by atoms with Crippen LogP contribution in [-0.4, -0.2) is 43.7 Å². The van der Waals surface area contributed by atoms with E-state index in [2.05, 4.69) is 27.6 Å². The zero-order valence-electron chi connectivity index (χ0n) is 13.0. The summed E-state index contributed by atoms with van der Waals surface area (Å²) in [5.74, 6) is 0.113. The molecule has 0 saturated carbocycles. The van der Waals surface area contributed by atoms with Crippen molar-refractivity contribution in [1.82, 2.24) is 14.6 Å². The van der Waals surface area contributed by atoms with Gasteiger partial charge in [0.25, 0.3) is 0 Å². The Balaban J connectivity index is 2.59. The van der Waals surface area contributed by atoms with Gasteiger partial charge in [-0.3, -0.25) is 9.88 Å². The lowest BCUT2D eigenvalue weighted by molar-refractivity contribution is 0.247. The standard InChI is InChI=1S/C14H25N3O2S/c1-6-20(18,19)15-9-13(4)17(5)10-14-8-11(2)7-12(3)16-14/h7-8,13,15H,6,9-10H2,1-5H3/t13-/m0/s1. The molecule has 0 aliphatic heterocycles. The average Bonchev–Trinajstić information content (AvgIpc) is 2.34. The van der Waals surface area contributed by atoms with Crippen LogP contribution in [0, 0.1) is 13.8 Å². The normalized spacial score (nSPS) is 13.7. The molecule has 0 aliphatic carbocycles. The van der Waals surface area contributed by atoms with Gasteiger partial charge in [0.1, 0.15) is 0 Å². The van der Waals surface area contributed by atoms with E-state index in [1.165, 1.54) is 5.56 Å². The lowest BCUT2D eigenvalue weighted by Crippen LogP contribution is -2.40. The van der Waals surface area contributed by atoms with Crippen molar-refractivity contribution in [3.8, 4) is 0 Å². The highest BCUT2D eigenvalue weighted by Crippen LogP contribution is 2.08. The highest BCUT2D eigenvalue weighted by molar-refractivity contribution is 7.89. The summed E-state index contributed by atoms with van der Waals surface area (Å²) in [4.78, 5) is 6.60. The summed E-state index contributed by atoms with van der Waals surface area (Å²) in [6.45, 7) is 8.79. The van der Waals surface area contributed by atoms with Crippen LogP contribution in [0.2, 0.25) is 0 Å². The molecule has 1 aromatic rings. The highest BCUT2D eigenvalue weighted by atomic mass is 32.2. The van der Waals surface area contributed by atoms with Crippen LogP contribution in [0.25, 0.3) is 0 Å². The number of aryl methyl sites for hydroxylation is 2. The number of aromatic nitrogens is 1. The maximum atomic E-state index is 11.4. The van der Waals surface area contributed by atoms with E-state index < -0.39 is 10.0 Å². The summed E-state index contributed by atoms with van der Waals surface area (Å²) in [5, 5.41) is 0. The molecular weight excluding hydrogens is 274 g/mol. The second kappa shape index (κ2) is 7.15. The van der Waals surface area contributed by atoms with Crippen LogP contribution in [0.5, 0.6) is 0 Å². The van der Waals surface area contributed by atoms with E-state index in [9.17, 15) is 8.42 Å². The molecule has 1 rings (SSSR count). The van der Waals surface area contributed by atoms with Crippen molar-refractivity contribution in [2.45, 2.75) is 40.3 Å². The average molecular weight is 299 g/mol. The van der Waals surface area contributed by atoms with Gasteiger partial charge in [-0.25, -0.2) is 13.1 Å². The Hall–Kier alpha value is -0.980. The fourth-order valence-electron chi connectivity index (χ4n) is 1.92. The second-order valence-electron chi connectivity index (χ2n) is 5.29. The lowest BCUT2D eigenvalue weighted by Gasteiger charge is -2.24. The monoisotopic (exact) mass is 299 g/mol. The molecule has 1 heterocycles. The van der Waals surface area contributed by atoms with Crippen molar-refractivity contribution in [3.63, 3.8) is 0 Å². The molecule has 6 heteroatoms. The topological polar surface area (TPSA) is 62.3 Å². The van der Waals surface area contributed by atoms with Gasteiger partial charge in [0.15, 0.2) is 0 Å². The van der Waals surface area contributed by atoms with Crippen LogP contribution in [-0.2, 0) is 16.6 Å². The van der Waals surface area contributed by atoms with Crippen molar-refractivity contribution < 1.29 is 8.42 Å². The Labute approximate surface area is 122 Å². The number of nitrogens with one attached hydrogen (secondary N) is 1. The maximum absolute atomic E-state index is 11.4. The molecule has 0 amide bonds. The molecule has 0 bridgehead atoms. The van der Waals surface area contributed by atoms with Crippen LogP contribution < -0.4 is 4.72 Å². The first-order valence-electron chi connectivity index (χ1n) is 6.85. The third-order valence-electron chi connectivity index (χ3n) is 3.29. The quantitative estimate of drug-likeness (QED) is 0.828. The Morgan fingerprint density at radius 3 is 2.55 bits per heavy atom. The summed E-state index contributed by atoms with van der Waals surface area (Å²) in [5.41, 5.74) is 3.21. The molecule has 0 aromatic carbocycles. The molecule has 114 valence electrons. The minimum atomic E-state index is -3.13. The number of rotatable bonds is 7. The van der Waals surface area contributed by atoms with Gasteiger partial charge < -0.3 is 0 Å². The Bertz CT molecular complexity index is 523. The molecule has 0 aliphatic rings. The van der Waals surface area contributed by atoms with Gasteiger partial charge in [0, 0.05) is 24.8 Å². The van der Waals surface area contributed by atoms with E-state index in [1.807, 2.05) is 27.0 Å². The lowest BCUT2D eigenvalue weighted by atomic mass is 10.2. The number of nitrogens with zero attached hydrogens (tertiary/aromatic N) is 2. The molecular formula is C14H25N3O2S. The molecule has 1 atom stereocenters. The smallest absolute Gasteiger partial charge is 0.211 e. The van der Waals surface area contributed by atoms with E-state index in [1.54, 1.807) is 6.92 Å². The van der Waals surface area contributed by atoms with Crippen molar-refractivity contribution in [2.75, 3.05) is 19.3 Å². The van der Waals surface area contributed by atoms with Crippen LogP contribution in [0.1, 0.15) is 30.8 Å². The fraction of sp³-hybridized carbons (Fsp3) is 0.643. The summed E-state index contributed by atoms with van der Waals surface area (Å²) in [7, 11) is -1.15. The van der Waals surface area contributed by atoms with Gasteiger partial charge in [-0.1, -0.05) is 0 Å². The SMILES string of the molecule is CCS(=O)(=O)NC[C@H](C)N(C)Cc1cc(C)cc(C)n1. The van der Waals surface area contributed by atoms with E-state index in [0.29, 0.717) is 13.1 Å². The van der Waals surface area contributed by atoms with Crippen LogP contribution >= 0.6 is 0 Å². The van der Waals surface area contributed by atoms with Crippen molar-refractivity contribution in [2.24, 2.45) is 0 Å². The first-order chi connectivity index (χ1) is 9.23. The molecule has 1 N–H and O–H groups in total. The molecule has 5 nitrogen and oxygen atoms in total.